The van der Waals surface area contributed by atoms with Crippen LogP contribution in [0.4, 0.5) is 0 Å². The van der Waals surface area contributed by atoms with E-state index in [1.807, 2.05) is 0 Å². The quantitative estimate of drug-likeness (QED) is 0.388. The van der Waals surface area contributed by atoms with Crippen LogP contribution in [0, 0.1) is 0 Å². The Morgan fingerprint density at radius 2 is 1.87 bits per heavy atom. The van der Waals surface area contributed by atoms with Crippen LogP contribution in [-0.2, 0) is 20.9 Å². The molecule has 2 aromatic carbocycles. The Hall–Kier alpha value is -3.81. The lowest BCUT2D eigenvalue weighted by Gasteiger charge is -2.11. The average molecular weight is 412 g/mol. The van der Waals surface area contributed by atoms with Crippen molar-refractivity contribution in [3.63, 3.8) is 0 Å². The molecule has 1 heterocycles. The number of hydrogen-bond acceptors (Lipinski definition) is 8. The van der Waals surface area contributed by atoms with E-state index in [1.165, 1.54) is 19.2 Å². The molecule has 30 heavy (non-hydrogen) atoms. The molecular weight excluding hydrogens is 392 g/mol. The molecule has 0 bridgehead atoms. The van der Waals surface area contributed by atoms with Crippen LogP contribution in [-0.4, -0.2) is 38.5 Å². The Balaban J connectivity index is 1.69. The van der Waals surface area contributed by atoms with Crippen molar-refractivity contribution < 1.29 is 37.7 Å². The van der Waals surface area contributed by atoms with E-state index in [1.54, 1.807) is 37.3 Å². The highest BCUT2D eigenvalue weighted by molar-refractivity contribution is 5.96. The molecule has 0 saturated carbocycles. The number of para-hydroxylation sites is 1. The third-order valence-corrected chi connectivity index (χ3v) is 4.21. The fourth-order valence-corrected chi connectivity index (χ4v) is 2.81. The summed E-state index contributed by atoms with van der Waals surface area (Å²) in [5, 5.41) is 0.653. The molecule has 3 aromatic rings. The number of methoxy groups -OCH3 is 1. The largest absolute Gasteiger partial charge is 0.493 e. The van der Waals surface area contributed by atoms with Gasteiger partial charge in [0.15, 0.2) is 18.1 Å². The van der Waals surface area contributed by atoms with Gasteiger partial charge in [0, 0.05) is 10.9 Å². The lowest BCUT2D eigenvalue weighted by molar-refractivity contribution is -0.147. The molecule has 0 aliphatic rings. The van der Waals surface area contributed by atoms with Gasteiger partial charge in [-0.15, -0.1) is 0 Å². The number of esters is 2. The van der Waals surface area contributed by atoms with Crippen molar-refractivity contribution in [3.05, 3.63) is 59.4 Å². The smallest absolute Gasteiger partial charge is 0.374 e. The van der Waals surface area contributed by atoms with Crippen LogP contribution in [0.2, 0.25) is 0 Å². The van der Waals surface area contributed by atoms with Gasteiger partial charge in [0.2, 0.25) is 5.76 Å². The van der Waals surface area contributed by atoms with E-state index in [-0.39, 0.29) is 25.6 Å². The highest BCUT2D eigenvalue weighted by atomic mass is 16.6. The molecule has 0 unspecified atom stereocenters. The summed E-state index contributed by atoms with van der Waals surface area (Å²) >= 11 is 0. The predicted molar refractivity (Wildman–Crippen MR) is 106 cm³/mol. The molecule has 0 aliphatic heterocycles. The molecule has 0 spiro atoms. The Morgan fingerprint density at radius 1 is 1.07 bits per heavy atom. The fourth-order valence-electron chi connectivity index (χ4n) is 2.81. The number of benzene rings is 2. The molecule has 0 saturated heterocycles. The van der Waals surface area contributed by atoms with Crippen LogP contribution in [0.25, 0.3) is 11.0 Å². The molecule has 0 fully saturated rings. The van der Waals surface area contributed by atoms with Gasteiger partial charge in [-0.2, -0.15) is 0 Å². The first-order chi connectivity index (χ1) is 14.6. The van der Waals surface area contributed by atoms with Crippen LogP contribution in [0.1, 0.15) is 33.4 Å². The number of carbonyl (C=O) groups excluding carboxylic acids is 3. The summed E-state index contributed by atoms with van der Waals surface area (Å²) in [6.45, 7) is 1.30. The van der Waals surface area contributed by atoms with E-state index in [0.29, 0.717) is 39.9 Å². The number of fused-ring (bicyclic) bond motifs is 1. The van der Waals surface area contributed by atoms with Crippen LogP contribution in [0.15, 0.2) is 46.9 Å². The van der Waals surface area contributed by atoms with E-state index in [4.69, 9.17) is 23.4 Å². The minimum atomic E-state index is -0.656. The number of ether oxygens (including phenoxy) is 4. The van der Waals surface area contributed by atoms with Crippen molar-refractivity contribution in [1.29, 1.82) is 0 Å². The maximum atomic E-state index is 12.2. The monoisotopic (exact) mass is 412 g/mol. The van der Waals surface area contributed by atoms with Gasteiger partial charge in [-0.1, -0.05) is 18.2 Å². The van der Waals surface area contributed by atoms with E-state index in [0.717, 1.165) is 0 Å². The maximum absolute atomic E-state index is 12.2. The number of aldehydes is 1. The van der Waals surface area contributed by atoms with Crippen LogP contribution < -0.4 is 9.47 Å². The Morgan fingerprint density at radius 3 is 2.60 bits per heavy atom. The van der Waals surface area contributed by atoms with Crippen molar-refractivity contribution in [2.75, 3.05) is 20.3 Å². The van der Waals surface area contributed by atoms with E-state index in [9.17, 15) is 14.4 Å². The minimum Gasteiger partial charge on any atom is -0.493 e. The number of furan rings is 1. The number of rotatable bonds is 9. The fraction of sp³-hybridized carbons (Fsp3) is 0.227. The minimum absolute atomic E-state index is 0.00195. The van der Waals surface area contributed by atoms with Gasteiger partial charge in [-0.3, -0.25) is 4.79 Å². The summed E-state index contributed by atoms with van der Waals surface area (Å²) in [5.41, 5.74) is 1.33. The molecule has 0 radical (unpaired) electrons. The van der Waals surface area contributed by atoms with E-state index >= 15 is 0 Å². The molecular formula is C22H20O8. The second kappa shape index (κ2) is 9.60. The first kappa shape index (κ1) is 20.9. The Kier molecular flexibility index (Phi) is 6.69. The van der Waals surface area contributed by atoms with Crippen LogP contribution in [0.5, 0.6) is 11.5 Å². The van der Waals surface area contributed by atoms with Crippen molar-refractivity contribution in [3.8, 4) is 11.5 Å². The molecule has 156 valence electrons. The standard InChI is InChI=1S/C22H20O8/c1-3-27-22(25)21-16(15-6-4-5-7-17(15)30-21)12-29-20(24)13-28-18-9-8-14(11-23)10-19(18)26-2/h4-11H,3,12-13H2,1-2H3. The first-order valence-electron chi connectivity index (χ1n) is 9.16. The second-order valence-corrected chi connectivity index (χ2v) is 6.10. The predicted octanol–water partition coefficient (Wildman–Crippen LogP) is 3.55. The maximum Gasteiger partial charge on any atom is 0.374 e. The van der Waals surface area contributed by atoms with E-state index in [2.05, 4.69) is 0 Å². The van der Waals surface area contributed by atoms with Gasteiger partial charge >= 0.3 is 11.9 Å². The zero-order valence-corrected chi connectivity index (χ0v) is 16.5. The number of carbonyl (C=O) groups is 3. The van der Waals surface area contributed by atoms with Crippen LogP contribution >= 0.6 is 0 Å². The first-order valence-corrected chi connectivity index (χ1v) is 9.16. The van der Waals surface area contributed by atoms with Gasteiger partial charge in [-0.05, 0) is 31.2 Å². The zero-order valence-electron chi connectivity index (χ0n) is 16.5. The molecule has 0 aliphatic carbocycles. The highest BCUT2D eigenvalue weighted by Gasteiger charge is 2.22. The number of hydrogen-bond donors (Lipinski definition) is 0. The SMILES string of the molecule is CCOC(=O)c1oc2ccccc2c1COC(=O)COc1ccc(C=O)cc1OC. The molecule has 8 heteroatoms. The zero-order chi connectivity index (χ0) is 21.5. The summed E-state index contributed by atoms with van der Waals surface area (Å²) < 4.78 is 26.5. The van der Waals surface area contributed by atoms with Gasteiger partial charge in [0.05, 0.1) is 19.3 Å². The molecule has 0 amide bonds. The second-order valence-electron chi connectivity index (χ2n) is 6.10. The Bertz CT molecular complexity index is 1070. The third-order valence-electron chi connectivity index (χ3n) is 4.21. The highest BCUT2D eigenvalue weighted by Crippen LogP contribution is 2.29. The van der Waals surface area contributed by atoms with E-state index < -0.39 is 11.9 Å². The summed E-state index contributed by atoms with van der Waals surface area (Å²) in [5.74, 6) is -0.677. The average Bonchev–Trinajstić information content (AvgIpc) is 3.15. The summed E-state index contributed by atoms with van der Waals surface area (Å²) in [7, 11) is 1.43. The van der Waals surface area contributed by atoms with Crippen molar-refractivity contribution >= 4 is 29.2 Å². The molecule has 0 atom stereocenters. The molecule has 1 aromatic heterocycles. The topological polar surface area (TPSA) is 101 Å². The third kappa shape index (κ3) is 4.60. The van der Waals surface area contributed by atoms with Gasteiger partial charge < -0.3 is 23.4 Å². The molecule has 0 N–H and O–H groups in total. The van der Waals surface area contributed by atoms with Crippen LogP contribution in [0.3, 0.4) is 0 Å². The lowest BCUT2D eigenvalue weighted by Crippen LogP contribution is -2.16. The summed E-state index contributed by atoms with van der Waals surface area (Å²) in [6.07, 6.45) is 0.678. The summed E-state index contributed by atoms with van der Waals surface area (Å²) in [6, 6.07) is 11.6. The van der Waals surface area contributed by atoms with Gasteiger partial charge in [0.1, 0.15) is 18.5 Å². The Labute approximate surface area is 172 Å². The van der Waals surface area contributed by atoms with Crippen molar-refractivity contribution in [2.45, 2.75) is 13.5 Å². The van der Waals surface area contributed by atoms with Gasteiger partial charge in [-0.25, -0.2) is 9.59 Å². The molecule has 8 nitrogen and oxygen atoms in total. The summed E-state index contributed by atoms with van der Waals surface area (Å²) in [4.78, 5) is 35.2. The molecule has 3 rings (SSSR count). The van der Waals surface area contributed by atoms with Gasteiger partial charge in [0.25, 0.3) is 0 Å². The van der Waals surface area contributed by atoms with Crippen molar-refractivity contribution in [2.24, 2.45) is 0 Å². The lowest BCUT2D eigenvalue weighted by atomic mass is 10.1. The van der Waals surface area contributed by atoms with Crippen molar-refractivity contribution in [1.82, 2.24) is 0 Å². The normalized spacial score (nSPS) is 10.5.